The lowest BCUT2D eigenvalue weighted by molar-refractivity contribution is -0.121. The topological polar surface area (TPSA) is 55.7 Å². The van der Waals surface area contributed by atoms with Crippen LogP contribution in [0, 0.1) is 0 Å². The molecule has 1 N–H and O–H groups in total. The molecule has 0 aliphatic carbocycles. The lowest BCUT2D eigenvalue weighted by Gasteiger charge is -2.22. The van der Waals surface area contributed by atoms with Gasteiger partial charge in [-0.25, -0.2) is 0 Å². The van der Waals surface area contributed by atoms with E-state index < -0.39 is 0 Å². The Kier molecular flexibility index (Phi) is 10.9. The van der Waals surface area contributed by atoms with Gasteiger partial charge in [0.25, 0.3) is 0 Å². The van der Waals surface area contributed by atoms with Gasteiger partial charge in [-0.15, -0.1) is 0 Å². The summed E-state index contributed by atoms with van der Waals surface area (Å²) < 4.78 is 13.5. The molecule has 1 amide bonds. The van der Waals surface area contributed by atoms with Crippen LogP contribution in [0.4, 0.5) is 0 Å². The molecule has 0 spiro atoms. The average molecular weight is 556 g/mol. The van der Waals surface area contributed by atoms with Gasteiger partial charge in [0.2, 0.25) is 5.91 Å². The van der Waals surface area contributed by atoms with Gasteiger partial charge in [-0.2, -0.15) is 0 Å². The summed E-state index contributed by atoms with van der Waals surface area (Å²) >= 11 is 0. The minimum Gasteiger partial charge on any atom is -0.497 e. The quantitative estimate of drug-likeness (QED) is 0.174. The highest BCUT2D eigenvalue weighted by Gasteiger charge is 2.25. The molecule has 6 heteroatoms. The van der Waals surface area contributed by atoms with Gasteiger partial charge < -0.3 is 24.3 Å². The lowest BCUT2D eigenvalue weighted by Crippen LogP contribution is -2.34. The van der Waals surface area contributed by atoms with E-state index in [1.54, 1.807) is 14.2 Å². The van der Waals surface area contributed by atoms with E-state index in [0.29, 0.717) is 17.9 Å². The third-order valence-electron chi connectivity index (χ3n) is 7.97. The maximum atomic E-state index is 13.6. The maximum absolute atomic E-state index is 13.6. The fraction of sp³-hybridized carbons (Fsp3) is 0.400. The Morgan fingerprint density at radius 1 is 0.927 bits per heavy atom. The second-order valence-corrected chi connectivity index (χ2v) is 10.8. The highest BCUT2D eigenvalue weighted by molar-refractivity contribution is 5.87. The smallest absolute Gasteiger partial charge is 0.221 e. The van der Waals surface area contributed by atoms with Gasteiger partial charge in [-0.1, -0.05) is 62.4 Å². The first-order valence-corrected chi connectivity index (χ1v) is 14.8. The van der Waals surface area contributed by atoms with Crippen molar-refractivity contribution in [2.75, 3.05) is 33.9 Å². The molecule has 4 rings (SSSR count). The highest BCUT2D eigenvalue weighted by Crippen LogP contribution is 2.38. The van der Waals surface area contributed by atoms with Crippen molar-refractivity contribution in [2.24, 2.45) is 0 Å². The van der Waals surface area contributed by atoms with Crippen molar-refractivity contribution >= 4 is 16.8 Å². The zero-order valence-electron chi connectivity index (χ0n) is 25.2. The molecule has 0 aliphatic heterocycles. The van der Waals surface area contributed by atoms with Crippen LogP contribution in [0.1, 0.15) is 62.6 Å². The molecule has 218 valence electrons. The molecule has 0 saturated heterocycles. The number of hydrogen-bond acceptors (Lipinski definition) is 4. The van der Waals surface area contributed by atoms with Crippen LogP contribution >= 0.6 is 0 Å². The van der Waals surface area contributed by atoms with Gasteiger partial charge in [0.05, 0.1) is 14.2 Å². The van der Waals surface area contributed by atoms with Gasteiger partial charge in [0, 0.05) is 48.1 Å². The number of benzene rings is 3. The summed E-state index contributed by atoms with van der Waals surface area (Å²) in [5.41, 5.74) is 4.50. The molecule has 0 unspecified atom stereocenters. The van der Waals surface area contributed by atoms with Gasteiger partial charge >= 0.3 is 0 Å². The van der Waals surface area contributed by atoms with E-state index in [9.17, 15) is 4.79 Å². The fourth-order valence-corrected chi connectivity index (χ4v) is 5.65. The van der Waals surface area contributed by atoms with Crippen LogP contribution in [0.2, 0.25) is 0 Å². The molecule has 0 aliphatic rings. The Morgan fingerprint density at radius 2 is 1.59 bits per heavy atom. The SMILES string of the molecule is CCN(CC)CCC[C@@H](C)NC(=O)C[C@H](c1cc(OC)cc(OC)c1)c1cn(Cc2ccccc2)c2ccccc12. The molecule has 0 bridgehead atoms. The second kappa shape index (κ2) is 14.7. The van der Waals surface area contributed by atoms with Gasteiger partial charge in [-0.3, -0.25) is 4.79 Å². The number of fused-ring (bicyclic) bond motifs is 1. The first-order chi connectivity index (χ1) is 19.9. The van der Waals surface area contributed by atoms with Crippen LogP contribution in [-0.2, 0) is 11.3 Å². The summed E-state index contributed by atoms with van der Waals surface area (Å²) in [5, 5.41) is 4.43. The number of ether oxygens (including phenoxy) is 2. The van der Waals surface area contributed by atoms with Crippen LogP contribution in [0.5, 0.6) is 11.5 Å². The van der Waals surface area contributed by atoms with Crippen molar-refractivity contribution in [3.8, 4) is 11.5 Å². The molecule has 6 nitrogen and oxygen atoms in total. The summed E-state index contributed by atoms with van der Waals surface area (Å²) in [4.78, 5) is 16.0. The monoisotopic (exact) mass is 555 g/mol. The van der Waals surface area contributed by atoms with Crippen molar-refractivity contribution in [1.82, 2.24) is 14.8 Å². The van der Waals surface area contributed by atoms with Crippen molar-refractivity contribution in [2.45, 2.75) is 58.5 Å². The van der Waals surface area contributed by atoms with Crippen molar-refractivity contribution < 1.29 is 14.3 Å². The normalized spacial score (nSPS) is 12.8. The minimum absolute atomic E-state index is 0.0482. The minimum atomic E-state index is -0.177. The fourth-order valence-electron chi connectivity index (χ4n) is 5.65. The largest absolute Gasteiger partial charge is 0.497 e. The number of amides is 1. The van der Waals surface area contributed by atoms with E-state index in [1.807, 2.05) is 24.3 Å². The predicted molar refractivity (Wildman–Crippen MR) is 168 cm³/mol. The van der Waals surface area contributed by atoms with Crippen LogP contribution in [0.15, 0.2) is 79.0 Å². The number of methoxy groups -OCH3 is 2. The van der Waals surface area contributed by atoms with E-state index in [-0.39, 0.29) is 17.9 Å². The number of nitrogens with zero attached hydrogens (tertiary/aromatic N) is 2. The summed E-state index contributed by atoms with van der Waals surface area (Å²) in [6, 6.07) is 25.0. The predicted octanol–water partition coefficient (Wildman–Crippen LogP) is 6.86. The molecule has 3 aromatic carbocycles. The summed E-state index contributed by atoms with van der Waals surface area (Å²) in [6.07, 6.45) is 4.56. The Morgan fingerprint density at radius 3 is 2.24 bits per heavy atom. The Balaban J connectivity index is 1.65. The Bertz CT molecular complexity index is 1370. The summed E-state index contributed by atoms with van der Waals surface area (Å²) in [7, 11) is 3.32. The van der Waals surface area contributed by atoms with Gasteiger partial charge in [0.1, 0.15) is 11.5 Å². The Hall–Kier alpha value is -3.77. The lowest BCUT2D eigenvalue weighted by atomic mass is 9.87. The van der Waals surface area contributed by atoms with Crippen molar-refractivity contribution in [1.29, 1.82) is 0 Å². The van der Waals surface area contributed by atoms with Gasteiger partial charge in [0.15, 0.2) is 0 Å². The number of carbonyl (C=O) groups excluding carboxylic acids is 1. The summed E-state index contributed by atoms with van der Waals surface area (Å²) in [5.74, 6) is 1.29. The molecular formula is C35H45N3O3. The molecule has 41 heavy (non-hydrogen) atoms. The maximum Gasteiger partial charge on any atom is 0.221 e. The number of nitrogens with one attached hydrogen (secondary N) is 1. The highest BCUT2D eigenvalue weighted by atomic mass is 16.5. The molecule has 1 aromatic heterocycles. The number of carbonyl (C=O) groups is 1. The van der Waals surface area contributed by atoms with Crippen LogP contribution in [0.3, 0.4) is 0 Å². The number of aromatic nitrogens is 1. The van der Waals surface area contributed by atoms with E-state index in [2.05, 4.69) is 90.3 Å². The van der Waals surface area contributed by atoms with E-state index in [0.717, 1.165) is 61.1 Å². The Labute approximate surface area is 245 Å². The van der Waals surface area contributed by atoms with Crippen LogP contribution in [-0.4, -0.2) is 55.3 Å². The van der Waals surface area contributed by atoms with E-state index in [4.69, 9.17) is 9.47 Å². The number of para-hydroxylation sites is 1. The molecule has 0 radical (unpaired) electrons. The van der Waals surface area contributed by atoms with Crippen LogP contribution in [0.25, 0.3) is 10.9 Å². The molecule has 0 fully saturated rings. The van der Waals surface area contributed by atoms with E-state index in [1.165, 1.54) is 5.56 Å². The standard InChI is InChI=1S/C35H45N3O3/c1-6-37(7-2)19-13-14-26(3)36-35(39)23-32(28-20-29(40-4)22-30(21-28)41-5)33-25-38(24-27-15-9-8-10-16-27)34-18-12-11-17-31(33)34/h8-12,15-18,20-22,25-26,32H,6-7,13-14,19,23-24H2,1-5H3,(H,36,39)/t26-,32-/m1/s1. The van der Waals surface area contributed by atoms with E-state index >= 15 is 0 Å². The molecule has 4 aromatic rings. The average Bonchev–Trinajstić information content (AvgIpc) is 3.36. The first kappa shape index (κ1) is 30.2. The van der Waals surface area contributed by atoms with Crippen molar-refractivity contribution in [3.63, 3.8) is 0 Å². The second-order valence-electron chi connectivity index (χ2n) is 10.8. The van der Waals surface area contributed by atoms with Gasteiger partial charge in [-0.05, 0) is 74.3 Å². The summed E-state index contributed by atoms with van der Waals surface area (Å²) in [6.45, 7) is 10.4. The van der Waals surface area contributed by atoms with Crippen LogP contribution < -0.4 is 14.8 Å². The molecule has 2 atom stereocenters. The zero-order chi connectivity index (χ0) is 29.2. The third-order valence-corrected chi connectivity index (χ3v) is 7.97. The number of rotatable bonds is 15. The van der Waals surface area contributed by atoms with Crippen molar-refractivity contribution in [3.05, 3.63) is 95.7 Å². The third kappa shape index (κ3) is 7.92. The first-order valence-electron chi connectivity index (χ1n) is 14.8. The number of hydrogen-bond donors (Lipinski definition) is 1. The molecule has 0 saturated carbocycles. The molecule has 1 heterocycles. The molecular weight excluding hydrogens is 510 g/mol. The zero-order valence-corrected chi connectivity index (χ0v) is 25.2.